The van der Waals surface area contributed by atoms with E-state index in [0.717, 1.165) is 0 Å². The van der Waals surface area contributed by atoms with Gasteiger partial charge in [0.05, 0.1) is 6.61 Å². The number of hydrogen-bond acceptors (Lipinski definition) is 6. The van der Waals surface area contributed by atoms with Crippen LogP contribution in [0.5, 0.6) is 0 Å². The molecule has 1 aromatic carbocycles. The van der Waals surface area contributed by atoms with Gasteiger partial charge >= 0.3 is 5.97 Å². The summed E-state index contributed by atoms with van der Waals surface area (Å²) in [6.07, 6.45) is 0. The van der Waals surface area contributed by atoms with Crippen LogP contribution < -0.4 is 5.09 Å². The van der Waals surface area contributed by atoms with Crippen molar-refractivity contribution in [3.05, 3.63) is 35.9 Å². The molecule has 24 heavy (non-hydrogen) atoms. The van der Waals surface area contributed by atoms with E-state index in [-0.39, 0.29) is 6.61 Å². The van der Waals surface area contributed by atoms with Gasteiger partial charge in [0.15, 0.2) is 0 Å². The van der Waals surface area contributed by atoms with E-state index in [4.69, 9.17) is 60.9 Å². The maximum atomic E-state index is 12.3. The van der Waals surface area contributed by atoms with Gasteiger partial charge in [0.25, 0.3) is 11.8 Å². The quantitative estimate of drug-likeness (QED) is 0.336. The molecule has 2 atom stereocenters. The SMILES string of the molecule is CCOC(=O)C(NP1(Cl)=NP(Cl)(Cl)=NP(Cl)(Cl)=N1)c1ccccc1. The molecule has 0 fully saturated rings. The normalized spacial score (nSPS) is 25.6. The van der Waals surface area contributed by atoms with Gasteiger partial charge in [-0.05, 0) is 68.7 Å². The van der Waals surface area contributed by atoms with Gasteiger partial charge in [0.1, 0.15) is 6.04 Å². The number of ether oxygens (including phenoxy) is 1. The zero-order chi connectivity index (χ0) is 18.0. The maximum absolute atomic E-state index is 12.3. The van der Waals surface area contributed by atoms with E-state index < -0.39 is 30.5 Å². The summed E-state index contributed by atoms with van der Waals surface area (Å²) in [4.78, 5) is 12.3. The van der Waals surface area contributed by atoms with Gasteiger partial charge < -0.3 is 4.74 Å². The van der Waals surface area contributed by atoms with E-state index in [0.29, 0.717) is 5.56 Å². The van der Waals surface area contributed by atoms with Crippen LogP contribution in [-0.2, 0) is 9.53 Å². The van der Waals surface area contributed by atoms with E-state index in [1.54, 1.807) is 31.2 Å². The Kier molecular flexibility index (Phi) is 7.22. The minimum atomic E-state index is -3.26. The van der Waals surface area contributed by atoms with Gasteiger partial charge in [-0.2, -0.15) is 13.5 Å². The topological polar surface area (TPSA) is 75.4 Å². The second kappa shape index (κ2) is 8.21. The Morgan fingerprint density at radius 2 is 1.67 bits per heavy atom. The molecule has 2 rings (SSSR count). The van der Waals surface area contributed by atoms with Crippen LogP contribution in [0, 0.1) is 0 Å². The minimum absolute atomic E-state index is 0.199. The van der Waals surface area contributed by atoms with Gasteiger partial charge in [-0.1, -0.05) is 30.3 Å². The zero-order valence-electron chi connectivity index (χ0n) is 12.1. The zero-order valence-corrected chi connectivity index (χ0v) is 18.5. The summed E-state index contributed by atoms with van der Waals surface area (Å²) < 4.78 is 17.1. The average molecular weight is 490 g/mol. The fourth-order valence-corrected chi connectivity index (χ4v) is 19.1. The summed E-state index contributed by atoms with van der Waals surface area (Å²) in [6, 6.07) is 7.90. The van der Waals surface area contributed by atoms with E-state index >= 15 is 0 Å². The number of halogens is 5. The highest BCUT2D eigenvalue weighted by molar-refractivity contribution is 8.22. The Morgan fingerprint density at radius 1 is 1.08 bits per heavy atom. The van der Waals surface area contributed by atoms with Gasteiger partial charge in [-0.3, -0.25) is 0 Å². The number of esters is 1. The molecule has 0 bridgehead atoms. The van der Waals surface area contributed by atoms with Crippen LogP contribution in [0.1, 0.15) is 18.5 Å². The Labute approximate surface area is 163 Å². The standard InChI is InChI=1S/C10H12Cl5N4O2P3/c1-2-21-10(20)9(8-6-4-3-5-7-8)16-24(15)18-22(11,12)17-23(13,14)19-24/h3-7,9,16H,2H2,1H3. The molecular weight excluding hydrogens is 478 g/mol. The second-order valence-electron chi connectivity index (χ2n) is 4.43. The van der Waals surface area contributed by atoms with Crippen molar-refractivity contribution in [3.63, 3.8) is 0 Å². The predicted molar refractivity (Wildman–Crippen MR) is 106 cm³/mol. The first-order chi connectivity index (χ1) is 11.1. The number of hydrogen-bond donors (Lipinski definition) is 1. The summed E-state index contributed by atoms with van der Waals surface area (Å²) in [5, 5.41) is 2.87. The third-order valence-electron chi connectivity index (χ3n) is 2.62. The molecule has 0 saturated heterocycles. The first-order valence-electron chi connectivity index (χ1n) is 6.45. The molecule has 0 aliphatic carbocycles. The molecule has 1 N–H and O–H groups in total. The van der Waals surface area contributed by atoms with Crippen LogP contribution in [0.4, 0.5) is 0 Å². The van der Waals surface area contributed by atoms with E-state index in [9.17, 15) is 4.79 Å². The highest BCUT2D eigenvalue weighted by Gasteiger charge is 2.36. The van der Waals surface area contributed by atoms with Gasteiger partial charge in [-0.15, -0.1) is 0 Å². The molecule has 0 amide bonds. The lowest BCUT2D eigenvalue weighted by Crippen LogP contribution is -2.27. The average Bonchev–Trinajstić information content (AvgIpc) is 2.42. The van der Waals surface area contributed by atoms with Crippen molar-refractivity contribution in [2.75, 3.05) is 6.61 Å². The Hall–Kier alpha value is 0.790. The van der Waals surface area contributed by atoms with Crippen LogP contribution in [0.3, 0.4) is 0 Å². The van der Waals surface area contributed by atoms with Crippen LogP contribution in [0.2, 0.25) is 0 Å². The molecule has 0 radical (unpaired) electrons. The first kappa shape index (κ1) is 21.1. The molecule has 6 nitrogen and oxygen atoms in total. The summed E-state index contributed by atoms with van der Waals surface area (Å²) in [5.41, 5.74) is 0.616. The Bertz CT molecular complexity index is 783. The number of carbonyl (C=O) groups excluding carboxylic acids is 1. The van der Waals surface area contributed by atoms with Gasteiger partial charge in [0, 0.05) is 0 Å². The van der Waals surface area contributed by atoms with Crippen molar-refractivity contribution in [1.29, 1.82) is 0 Å². The van der Waals surface area contributed by atoms with Crippen molar-refractivity contribution in [2.45, 2.75) is 13.0 Å². The van der Waals surface area contributed by atoms with Crippen molar-refractivity contribution < 1.29 is 9.53 Å². The highest BCUT2D eigenvalue weighted by Crippen LogP contribution is 2.85. The van der Waals surface area contributed by atoms with Crippen molar-refractivity contribution >= 4 is 80.7 Å². The second-order valence-corrected chi connectivity index (χ2v) is 17.8. The van der Waals surface area contributed by atoms with Crippen molar-refractivity contribution in [2.24, 2.45) is 13.5 Å². The monoisotopic (exact) mass is 488 g/mol. The fourth-order valence-electron chi connectivity index (χ4n) is 1.82. The molecule has 1 aromatic rings. The molecule has 1 aliphatic rings. The summed E-state index contributed by atoms with van der Waals surface area (Å²) in [6.45, 7) is -1.36. The summed E-state index contributed by atoms with van der Waals surface area (Å²) in [5.74, 6) is -6.91. The molecule has 2 unspecified atom stereocenters. The molecule has 1 aliphatic heterocycles. The summed E-state index contributed by atoms with van der Waals surface area (Å²) >= 11 is 30.6. The molecule has 0 spiro atoms. The first-order valence-corrected chi connectivity index (χ1v) is 16.1. The lowest BCUT2D eigenvalue weighted by molar-refractivity contribution is -0.145. The highest BCUT2D eigenvalue weighted by atomic mass is 35.9. The lowest BCUT2D eigenvalue weighted by atomic mass is 10.1. The summed E-state index contributed by atoms with van der Waals surface area (Å²) in [7, 11) is 0. The minimum Gasteiger partial charge on any atom is -0.465 e. The Balaban J connectivity index is 2.47. The third kappa shape index (κ3) is 5.91. The van der Waals surface area contributed by atoms with Gasteiger partial charge in [0.2, 0.25) is 6.71 Å². The van der Waals surface area contributed by atoms with Crippen LogP contribution in [0.15, 0.2) is 43.9 Å². The number of nitrogens with one attached hydrogen (secondary N) is 1. The van der Waals surface area contributed by atoms with Crippen molar-refractivity contribution in [1.82, 2.24) is 5.09 Å². The third-order valence-corrected chi connectivity index (χ3v) is 14.9. The molecule has 14 heteroatoms. The number of rotatable bonds is 5. The predicted octanol–water partition coefficient (Wildman–Crippen LogP) is 7.93. The largest absolute Gasteiger partial charge is 0.465 e. The molecule has 134 valence electrons. The molecule has 0 aromatic heterocycles. The number of carbonyl (C=O) groups is 1. The molecule has 0 saturated carbocycles. The van der Waals surface area contributed by atoms with Gasteiger partial charge in [-0.25, -0.2) is 9.88 Å². The van der Waals surface area contributed by atoms with Crippen LogP contribution >= 0.6 is 74.7 Å². The fraction of sp³-hybridized carbons (Fsp3) is 0.300. The lowest BCUT2D eigenvalue weighted by Gasteiger charge is -2.26. The number of nitrogens with zero attached hydrogens (tertiary/aromatic N) is 3. The van der Waals surface area contributed by atoms with E-state index in [2.05, 4.69) is 18.6 Å². The molecule has 1 heterocycles. The number of benzene rings is 1. The molecular formula is C10H12Cl5N4O2P3. The maximum Gasteiger partial charge on any atom is 0.328 e. The Morgan fingerprint density at radius 3 is 2.21 bits per heavy atom. The van der Waals surface area contributed by atoms with Crippen LogP contribution in [-0.4, -0.2) is 12.6 Å². The van der Waals surface area contributed by atoms with E-state index in [1.807, 2.05) is 6.07 Å². The van der Waals surface area contributed by atoms with Crippen LogP contribution in [0.25, 0.3) is 0 Å². The smallest absolute Gasteiger partial charge is 0.328 e. The van der Waals surface area contributed by atoms with E-state index in [1.165, 1.54) is 0 Å². The van der Waals surface area contributed by atoms with Crippen molar-refractivity contribution in [3.8, 4) is 0 Å².